The zero-order valence-corrected chi connectivity index (χ0v) is 10.7. The molecule has 3 unspecified atom stereocenters. The summed E-state index contributed by atoms with van der Waals surface area (Å²) in [5.41, 5.74) is 0. The highest BCUT2D eigenvalue weighted by Crippen LogP contribution is 2.25. The normalized spacial score (nSPS) is 28.4. The number of rotatable bonds is 4. The van der Waals surface area contributed by atoms with Crippen molar-refractivity contribution in [2.24, 2.45) is 5.92 Å². The van der Waals surface area contributed by atoms with E-state index in [1.807, 2.05) is 20.8 Å². The van der Waals surface area contributed by atoms with E-state index >= 15 is 0 Å². The molecule has 0 aliphatic carbocycles. The number of hydrogen-bond donors (Lipinski definition) is 2. The maximum absolute atomic E-state index is 11.9. The van der Waals surface area contributed by atoms with E-state index in [-0.39, 0.29) is 30.6 Å². The van der Waals surface area contributed by atoms with E-state index in [1.165, 1.54) is 0 Å². The zero-order chi connectivity index (χ0) is 12.3. The zero-order valence-electron chi connectivity index (χ0n) is 10.7. The summed E-state index contributed by atoms with van der Waals surface area (Å²) in [5, 5.41) is 12.3. The molecular formula is C12H24N2O2. The van der Waals surface area contributed by atoms with Crippen LogP contribution in [0.3, 0.4) is 0 Å². The van der Waals surface area contributed by atoms with Gasteiger partial charge in [0.1, 0.15) is 0 Å². The topological polar surface area (TPSA) is 52.6 Å². The lowest BCUT2D eigenvalue weighted by Crippen LogP contribution is -2.50. The van der Waals surface area contributed by atoms with Crippen LogP contribution in [0.5, 0.6) is 0 Å². The fraction of sp³-hybridized carbons (Fsp3) is 0.917. The largest absolute Gasteiger partial charge is 0.395 e. The van der Waals surface area contributed by atoms with Crippen molar-refractivity contribution in [3.63, 3.8) is 0 Å². The summed E-state index contributed by atoms with van der Waals surface area (Å²) in [6.07, 6.45) is 1.06. The van der Waals surface area contributed by atoms with Crippen molar-refractivity contribution in [1.82, 2.24) is 10.2 Å². The fourth-order valence-electron chi connectivity index (χ4n) is 2.36. The van der Waals surface area contributed by atoms with Gasteiger partial charge in [0.15, 0.2) is 0 Å². The Hall–Kier alpha value is -0.610. The van der Waals surface area contributed by atoms with Gasteiger partial charge in [0.2, 0.25) is 5.91 Å². The molecule has 0 saturated carbocycles. The van der Waals surface area contributed by atoms with Gasteiger partial charge < -0.3 is 10.4 Å². The maximum Gasteiger partial charge on any atom is 0.237 e. The molecule has 0 aromatic carbocycles. The highest BCUT2D eigenvalue weighted by Gasteiger charge is 2.35. The van der Waals surface area contributed by atoms with E-state index in [1.54, 1.807) is 0 Å². The van der Waals surface area contributed by atoms with Crippen molar-refractivity contribution in [2.75, 3.05) is 13.2 Å². The van der Waals surface area contributed by atoms with E-state index < -0.39 is 0 Å². The number of nitrogens with one attached hydrogen (secondary N) is 1. The quantitative estimate of drug-likeness (QED) is 0.741. The Kier molecular flexibility index (Phi) is 4.74. The molecule has 94 valence electrons. The highest BCUT2D eigenvalue weighted by atomic mass is 16.3. The van der Waals surface area contributed by atoms with Crippen molar-refractivity contribution < 1.29 is 9.90 Å². The van der Waals surface area contributed by atoms with Crippen LogP contribution in [0, 0.1) is 5.92 Å². The van der Waals surface area contributed by atoms with Crippen LogP contribution in [-0.4, -0.2) is 47.2 Å². The number of amides is 1. The molecule has 0 aromatic rings. The number of aliphatic hydroxyl groups is 1. The van der Waals surface area contributed by atoms with Crippen molar-refractivity contribution in [3.8, 4) is 0 Å². The smallest absolute Gasteiger partial charge is 0.237 e. The number of nitrogens with zero attached hydrogens (tertiary/aromatic N) is 1. The lowest BCUT2D eigenvalue weighted by molar-refractivity contribution is -0.127. The maximum atomic E-state index is 11.9. The van der Waals surface area contributed by atoms with Gasteiger partial charge in [-0.25, -0.2) is 0 Å². The van der Waals surface area contributed by atoms with Gasteiger partial charge in [0.25, 0.3) is 0 Å². The standard InChI is InChI=1S/C12H24N2O2/c1-8(2)13-12(16)10(4)14-6-5-9(3)11(14)7-15/h8-11,15H,5-7H2,1-4H3,(H,13,16). The molecule has 4 heteroatoms. The van der Waals surface area contributed by atoms with Crippen LogP contribution in [0.4, 0.5) is 0 Å². The highest BCUT2D eigenvalue weighted by molar-refractivity contribution is 5.81. The summed E-state index contributed by atoms with van der Waals surface area (Å²) in [6, 6.07) is 0.153. The Bertz CT molecular complexity index is 243. The third-order valence-electron chi connectivity index (χ3n) is 3.42. The van der Waals surface area contributed by atoms with Crippen molar-refractivity contribution >= 4 is 5.91 Å². The van der Waals surface area contributed by atoms with Crippen LogP contribution in [0.1, 0.15) is 34.1 Å². The molecule has 1 rings (SSSR count). The first-order valence-electron chi connectivity index (χ1n) is 6.14. The first kappa shape index (κ1) is 13.5. The summed E-state index contributed by atoms with van der Waals surface area (Å²) in [6.45, 7) is 9.01. The van der Waals surface area contributed by atoms with Crippen molar-refractivity contribution in [2.45, 2.75) is 52.2 Å². The minimum atomic E-state index is -0.149. The van der Waals surface area contributed by atoms with Gasteiger partial charge in [0, 0.05) is 12.1 Å². The predicted octanol–water partition coefficient (Wildman–Crippen LogP) is 0.602. The Morgan fingerprint density at radius 3 is 2.62 bits per heavy atom. The molecule has 0 radical (unpaired) electrons. The van der Waals surface area contributed by atoms with Crippen molar-refractivity contribution in [3.05, 3.63) is 0 Å². The minimum Gasteiger partial charge on any atom is -0.395 e. The summed E-state index contributed by atoms with van der Waals surface area (Å²) in [5.74, 6) is 0.529. The lowest BCUT2D eigenvalue weighted by atomic mass is 10.0. The summed E-state index contributed by atoms with van der Waals surface area (Å²) >= 11 is 0. The van der Waals surface area contributed by atoms with Gasteiger partial charge >= 0.3 is 0 Å². The van der Waals surface area contributed by atoms with Gasteiger partial charge in [-0.1, -0.05) is 6.92 Å². The van der Waals surface area contributed by atoms with Gasteiger partial charge in [-0.3, -0.25) is 9.69 Å². The van der Waals surface area contributed by atoms with Crippen LogP contribution >= 0.6 is 0 Å². The van der Waals surface area contributed by atoms with Gasteiger partial charge in [-0.05, 0) is 39.7 Å². The molecule has 1 saturated heterocycles. The average Bonchev–Trinajstić information content (AvgIpc) is 2.57. The Morgan fingerprint density at radius 2 is 2.12 bits per heavy atom. The molecular weight excluding hydrogens is 204 g/mol. The van der Waals surface area contributed by atoms with E-state index in [0.717, 1.165) is 13.0 Å². The Balaban J connectivity index is 2.59. The molecule has 1 heterocycles. The summed E-state index contributed by atoms with van der Waals surface area (Å²) < 4.78 is 0. The Labute approximate surface area is 98.0 Å². The summed E-state index contributed by atoms with van der Waals surface area (Å²) in [4.78, 5) is 14.0. The molecule has 2 N–H and O–H groups in total. The second-order valence-electron chi connectivity index (χ2n) is 5.09. The predicted molar refractivity (Wildman–Crippen MR) is 64.1 cm³/mol. The molecule has 1 amide bonds. The first-order valence-corrected chi connectivity index (χ1v) is 6.14. The van der Waals surface area contributed by atoms with Gasteiger partial charge in [-0.15, -0.1) is 0 Å². The molecule has 1 fully saturated rings. The molecule has 4 nitrogen and oxygen atoms in total. The third-order valence-corrected chi connectivity index (χ3v) is 3.42. The average molecular weight is 228 g/mol. The SMILES string of the molecule is CC(C)NC(=O)C(C)N1CCC(C)C1CO. The van der Waals surface area contributed by atoms with E-state index in [4.69, 9.17) is 0 Å². The number of likely N-dealkylation sites (tertiary alicyclic amines) is 1. The molecule has 16 heavy (non-hydrogen) atoms. The second kappa shape index (κ2) is 5.64. The van der Waals surface area contributed by atoms with Crippen LogP contribution in [0.15, 0.2) is 0 Å². The van der Waals surface area contributed by atoms with Crippen LogP contribution in [-0.2, 0) is 4.79 Å². The number of aliphatic hydroxyl groups excluding tert-OH is 1. The molecule has 1 aliphatic rings. The van der Waals surface area contributed by atoms with E-state index in [9.17, 15) is 9.90 Å². The van der Waals surface area contributed by atoms with E-state index in [0.29, 0.717) is 5.92 Å². The molecule has 0 bridgehead atoms. The first-order chi connectivity index (χ1) is 7.47. The monoisotopic (exact) mass is 228 g/mol. The van der Waals surface area contributed by atoms with Crippen LogP contribution in [0.25, 0.3) is 0 Å². The second-order valence-corrected chi connectivity index (χ2v) is 5.09. The number of hydrogen-bond acceptors (Lipinski definition) is 3. The van der Waals surface area contributed by atoms with Crippen molar-refractivity contribution in [1.29, 1.82) is 0 Å². The minimum absolute atomic E-state index is 0.0579. The molecule has 0 spiro atoms. The lowest BCUT2D eigenvalue weighted by Gasteiger charge is -2.30. The van der Waals surface area contributed by atoms with Crippen LogP contribution < -0.4 is 5.32 Å². The number of carbonyl (C=O) groups excluding carboxylic acids is 1. The number of carbonyl (C=O) groups is 1. The molecule has 1 aliphatic heterocycles. The van der Waals surface area contributed by atoms with Gasteiger partial charge in [-0.2, -0.15) is 0 Å². The molecule has 3 atom stereocenters. The van der Waals surface area contributed by atoms with Gasteiger partial charge in [0.05, 0.1) is 12.6 Å². The Morgan fingerprint density at radius 1 is 1.50 bits per heavy atom. The fourth-order valence-corrected chi connectivity index (χ4v) is 2.36. The summed E-state index contributed by atoms with van der Waals surface area (Å²) in [7, 11) is 0. The van der Waals surface area contributed by atoms with Crippen LogP contribution in [0.2, 0.25) is 0 Å². The molecule has 0 aromatic heterocycles. The third kappa shape index (κ3) is 2.95. The van der Waals surface area contributed by atoms with E-state index in [2.05, 4.69) is 17.1 Å².